The number of carboxylic acid groups (broad SMARTS) is 1. The molecule has 0 aromatic rings. The van der Waals surface area contributed by atoms with Crippen molar-refractivity contribution >= 4 is 17.9 Å². The zero-order valence-corrected chi connectivity index (χ0v) is 7.67. The maximum atomic E-state index is 11.6. The Balaban J connectivity index is 3.48. The van der Waals surface area contributed by atoms with Gasteiger partial charge in [-0.2, -0.15) is 24.9 Å². The van der Waals surface area contributed by atoms with Gasteiger partial charge in [0.2, 0.25) is 0 Å². The molecule has 0 heterocycles. The zero-order valence-electron chi connectivity index (χ0n) is 6.85. The third kappa shape index (κ3) is 9.32. The molecule has 0 rings (SSSR count). The van der Waals surface area contributed by atoms with Gasteiger partial charge in [-0.3, -0.25) is 0 Å². The molecule has 0 spiro atoms. The van der Waals surface area contributed by atoms with Crippen LogP contribution in [0.15, 0.2) is 0 Å². The average molecular weight is 216 g/mol. The van der Waals surface area contributed by atoms with E-state index in [4.69, 9.17) is 0 Å². The molecule has 1 unspecified atom stereocenters. The van der Waals surface area contributed by atoms with Crippen LogP contribution in [-0.4, -0.2) is 29.8 Å². The zero-order chi connectivity index (χ0) is 10.5. The quantitative estimate of drug-likeness (QED) is 0.748. The highest BCUT2D eigenvalue weighted by Gasteiger charge is 2.26. The maximum Gasteiger partial charge on any atom is 0.397 e. The summed E-state index contributed by atoms with van der Waals surface area (Å²) in [6, 6.07) is -0.530. The lowest BCUT2D eigenvalue weighted by molar-refractivity contribution is -0.251. The third-order valence-corrected chi connectivity index (χ3v) is 2.26. The first kappa shape index (κ1) is 12.4. The van der Waals surface area contributed by atoms with Crippen molar-refractivity contribution in [1.29, 1.82) is 0 Å². The van der Waals surface area contributed by atoms with E-state index < -0.39 is 24.1 Å². The summed E-state index contributed by atoms with van der Waals surface area (Å²) in [5.41, 5.74) is 0. The van der Waals surface area contributed by atoms with Crippen LogP contribution >= 0.6 is 11.8 Å². The minimum Gasteiger partial charge on any atom is -0.530 e. The highest BCUT2D eigenvalue weighted by molar-refractivity contribution is 7.99. The van der Waals surface area contributed by atoms with Crippen LogP contribution in [0.3, 0.4) is 0 Å². The smallest absolute Gasteiger partial charge is 0.397 e. The van der Waals surface area contributed by atoms with Gasteiger partial charge in [0.1, 0.15) is 6.09 Å². The van der Waals surface area contributed by atoms with Gasteiger partial charge in [-0.25, -0.2) is 0 Å². The Hall–Kier alpha value is -0.590. The number of rotatable bonds is 4. The van der Waals surface area contributed by atoms with Crippen molar-refractivity contribution in [3.63, 3.8) is 0 Å². The van der Waals surface area contributed by atoms with Crippen molar-refractivity contribution in [2.24, 2.45) is 0 Å². The molecule has 0 aromatic carbocycles. The summed E-state index contributed by atoms with van der Waals surface area (Å²) >= 11 is 0.632. The van der Waals surface area contributed by atoms with Gasteiger partial charge in [0, 0.05) is 11.8 Å². The van der Waals surface area contributed by atoms with Crippen LogP contribution in [-0.2, 0) is 0 Å². The van der Waals surface area contributed by atoms with Gasteiger partial charge in [0.15, 0.2) is 0 Å². The fraction of sp³-hybridized carbons (Fsp3) is 0.833. The molecule has 0 fully saturated rings. The van der Waals surface area contributed by atoms with Gasteiger partial charge < -0.3 is 15.2 Å². The lowest BCUT2D eigenvalue weighted by Gasteiger charge is -2.15. The molecule has 1 N–H and O–H groups in total. The molecular formula is C6H9F3NO2S-. The van der Waals surface area contributed by atoms with E-state index in [1.54, 1.807) is 0 Å². The number of alkyl halides is 3. The Morgan fingerprint density at radius 2 is 2.15 bits per heavy atom. The molecule has 7 heteroatoms. The standard InChI is InChI=1S/C6H10F3NO2S/c1-4(10-5(11)12)2-13-3-6(7,8)9/h4,10H,2-3H2,1H3,(H,11,12)/p-1. The summed E-state index contributed by atoms with van der Waals surface area (Å²) in [4.78, 5) is 9.92. The topological polar surface area (TPSA) is 52.2 Å². The predicted molar refractivity (Wildman–Crippen MR) is 41.4 cm³/mol. The Labute approximate surface area is 77.7 Å². The highest BCUT2D eigenvalue weighted by Crippen LogP contribution is 2.21. The summed E-state index contributed by atoms with van der Waals surface area (Å²) in [7, 11) is 0. The van der Waals surface area contributed by atoms with E-state index in [2.05, 4.69) is 0 Å². The summed E-state index contributed by atoms with van der Waals surface area (Å²) in [6.45, 7) is 1.47. The summed E-state index contributed by atoms with van der Waals surface area (Å²) in [5.74, 6) is -0.889. The summed E-state index contributed by atoms with van der Waals surface area (Å²) < 4.78 is 34.8. The molecule has 0 radical (unpaired) electrons. The molecule has 1 atom stereocenters. The first-order valence-corrected chi connectivity index (χ1v) is 4.59. The summed E-state index contributed by atoms with van der Waals surface area (Å²) in [5, 5.41) is 11.9. The lowest BCUT2D eigenvalue weighted by atomic mass is 10.4. The maximum absolute atomic E-state index is 11.6. The number of hydrogen-bond acceptors (Lipinski definition) is 3. The van der Waals surface area contributed by atoms with Gasteiger partial charge in [-0.05, 0) is 6.92 Å². The number of hydrogen-bond donors (Lipinski definition) is 1. The fourth-order valence-corrected chi connectivity index (χ4v) is 1.38. The second-order valence-electron chi connectivity index (χ2n) is 2.46. The third-order valence-electron chi connectivity index (χ3n) is 0.998. The van der Waals surface area contributed by atoms with Gasteiger partial charge in [0.25, 0.3) is 0 Å². The number of halogens is 3. The Morgan fingerprint density at radius 3 is 2.54 bits per heavy atom. The molecule has 0 bridgehead atoms. The molecule has 0 aromatic heterocycles. The minimum atomic E-state index is -4.20. The normalized spacial score (nSPS) is 13.8. The van der Waals surface area contributed by atoms with Crippen molar-refractivity contribution in [2.75, 3.05) is 11.5 Å². The molecule has 1 amide bonds. The molecule has 0 saturated carbocycles. The van der Waals surface area contributed by atoms with E-state index in [9.17, 15) is 23.1 Å². The highest BCUT2D eigenvalue weighted by atomic mass is 32.2. The largest absolute Gasteiger partial charge is 0.530 e. The van der Waals surface area contributed by atoms with E-state index in [1.165, 1.54) is 6.92 Å². The predicted octanol–water partition coefficient (Wildman–Crippen LogP) is 0.603. The van der Waals surface area contributed by atoms with Crippen molar-refractivity contribution in [2.45, 2.75) is 19.1 Å². The lowest BCUT2D eigenvalue weighted by Crippen LogP contribution is -2.43. The molecule has 0 aliphatic rings. The fourth-order valence-electron chi connectivity index (χ4n) is 0.594. The number of carbonyl (C=O) groups is 1. The number of carbonyl (C=O) groups excluding carboxylic acids is 1. The van der Waals surface area contributed by atoms with Crippen molar-refractivity contribution in [1.82, 2.24) is 5.32 Å². The summed E-state index contributed by atoms with van der Waals surface area (Å²) in [6.07, 6.45) is -5.67. The average Bonchev–Trinajstić information content (AvgIpc) is 1.81. The Bertz CT molecular complexity index is 174. The van der Waals surface area contributed by atoms with E-state index in [0.29, 0.717) is 11.8 Å². The molecule has 0 aliphatic carbocycles. The van der Waals surface area contributed by atoms with Crippen LogP contribution in [0.2, 0.25) is 0 Å². The van der Waals surface area contributed by atoms with Gasteiger partial charge in [0.05, 0.1) is 5.75 Å². The Morgan fingerprint density at radius 1 is 1.62 bits per heavy atom. The molecule has 0 aliphatic heterocycles. The first-order chi connectivity index (χ1) is 5.81. The second-order valence-corrected chi connectivity index (χ2v) is 3.49. The van der Waals surface area contributed by atoms with Crippen LogP contribution < -0.4 is 10.4 Å². The molecule has 78 valence electrons. The van der Waals surface area contributed by atoms with Crippen molar-refractivity contribution in [3.8, 4) is 0 Å². The van der Waals surface area contributed by atoms with E-state index in [0.717, 1.165) is 0 Å². The van der Waals surface area contributed by atoms with E-state index >= 15 is 0 Å². The van der Waals surface area contributed by atoms with Crippen LogP contribution in [0.25, 0.3) is 0 Å². The number of nitrogens with one attached hydrogen (secondary N) is 1. The second kappa shape index (κ2) is 5.21. The van der Waals surface area contributed by atoms with Crippen LogP contribution in [0.5, 0.6) is 0 Å². The number of thioether (sulfide) groups is 1. The van der Waals surface area contributed by atoms with Crippen LogP contribution in [0.4, 0.5) is 18.0 Å². The van der Waals surface area contributed by atoms with E-state index in [1.807, 2.05) is 5.32 Å². The Kier molecular flexibility index (Phi) is 4.97. The molecule has 0 saturated heterocycles. The SMILES string of the molecule is CC(CSCC(F)(F)F)NC(=O)[O-]. The van der Waals surface area contributed by atoms with Gasteiger partial charge in [-0.15, -0.1) is 0 Å². The first-order valence-electron chi connectivity index (χ1n) is 3.43. The molecule has 3 nitrogen and oxygen atoms in total. The van der Waals surface area contributed by atoms with Crippen molar-refractivity contribution in [3.05, 3.63) is 0 Å². The van der Waals surface area contributed by atoms with Crippen LogP contribution in [0.1, 0.15) is 6.92 Å². The monoisotopic (exact) mass is 216 g/mol. The van der Waals surface area contributed by atoms with Gasteiger partial charge in [-0.1, -0.05) is 0 Å². The van der Waals surface area contributed by atoms with E-state index in [-0.39, 0.29) is 5.75 Å². The number of amides is 1. The molecular weight excluding hydrogens is 207 g/mol. The van der Waals surface area contributed by atoms with Crippen LogP contribution in [0, 0.1) is 0 Å². The van der Waals surface area contributed by atoms with Crippen molar-refractivity contribution < 1.29 is 23.1 Å². The van der Waals surface area contributed by atoms with Gasteiger partial charge >= 0.3 is 6.18 Å². The minimum absolute atomic E-state index is 0.0769. The molecule has 13 heavy (non-hydrogen) atoms.